The second kappa shape index (κ2) is 6.62. The van der Waals surface area contributed by atoms with Gasteiger partial charge in [0.15, 0.2) is 0 Å². The highest BCUT2D eigenvalue weighted by Crippen LogP contribution is 2.22. The first-order valence-corrected chi connectivity index (χ1v) is 6.46. The third kappa shape index (κ3) is 3.76. The van der Waals surface area contributed by atoms with Gasteiger partial charge in [0.25, 0.3) is 5.91 Å². The van der Waals surface area contributed by atoms with Gasteiger partial charge in [0.05, 0.1) is 4.92 Å². The van der Waals surface area contributed by atoms with Gasteiger partial charge in [-0.25, -0.2) is 0 Å². The van der Waals surface area contributed by atoms with Crippen molar-refractivity contribution in [2.75, 3.05) is 5.32 Å². The number of nitro groups is 1. The Morgan fingerprint density at radius 3 is 2.55 bits per heavy atom. The van der Waals surface area contributed by atoms with E-state index in [9.17, 15) is 19.3 Å². The van der Waals surface area contributed by atoms with Crippen LogP contribution in [0.2, 0.25) is 0 Å². The van der Waals surface area contributed by atoms with Gasteiger partial charge < -0.3 is 5.32 Å². The van der Waals surface area contributed by atoms with Crippen molar-refractivity contribution in [2.45, 2.75) is 6.92 Å². The van der Waals surface area contributed by atoms with Gasteiger partial charge in [0.2, 0.25) is 5.82 Å². The molecule has 6 heteroatoms. The van der Waals surface area contributed by atoms with E-state index in [1.54, 1.807) is 13.0 Å². The van der Waals surface area contributed by atoms with Crippen LogP contribution >= 0.6 is 0 Å². The van der Waals surface area contributed by atoms with Gasteiger partial charge in [-0.1, -0.05) is 30.3 Å². The fraction of sp³-hybridized carbons (Fsp3) is 0.0625. The number of amides is 1. The van der Waals surface area contributed by atoms with Crippen LogP contribution < -0.4 is 5.32 Å². The Labute approximate surface area is 126 Å². The van der Waals surface area contributed by atoms with Gasteiger partial charge >= 0.3 is 5.69 Å². The average Bonchev–Trinajstić information content (AvgIpc) is 2.49. The van der Waals surface area contributed by atoms with E-state index in [4.69, 9.17) is 0 Å². The van der Waals surface area contributed by atoms with E-state index < -0.39 is 22.3 Å². The Balaban J connectivity index is 2.17. The van der Waals surface area contributed by atoms with Gasteiger partial charge in [0, 0.05) is 17.3 Å². The molecule has 2 rings (SSSR count). The predicted molar refractivity (Wildman–Crippen MR) is 81.8 cm³/mol. The summed E-state index contributed by atoms with van der Waals surface area (Å²) in [6.45, 7) is 1.63. The van der Waals surface area contributed by atoms with Crippen molar-refractivity contribution >= 4 is 23.4 Å². The molecular formula is C16H13FN2O3. The minimum Gasteiger partial charge on any atom is -0.322 e. The standard InChI is InChI=1S/C16H13FN2O3/c1-11(9-12-5-3-2-4-6-12)16(20)18-13-7-8-14(17)15(10-13)19(21)22/h2-10H,1H3,(H,18,20). The number of rotatable bonds is 4. The predicted octanol–water partition coefficient (Wildman–Crippen LogP) is 3.78. The molecule has 0 aliphatic heterocycles. The molecule has 0 aliphatic rings. The van der Waals surface area contributed by atoms with Crippen molar-refractivity contribution < 1.29 is 14.1 Å². The molecule has 0 atom stereocenters. The van der Waals surface area contributed by atoms with Crippen LogP contribution in [0.5, 0.6) is 0 Å². The number of benzene rings is 2. The minimum atomic E-state index is -0.945. The molecule has 0 spiro atoms. The zero-order valence-corrected chi connectivity index (χ0v) is 11.7. The summed E-state index contributed by atoms with van der Waals surface area (Å²) < 4.78 is 13.2. The molecule has 0 aromatic heterocycles. The highest BCUT2D eigenvalue weighted by molar-refractivity contribution is 6.06. The Hall–Kier alpha value is -3.02. The number of anilines is 1. The lowest BCUT2D eigenvalue weighted by atomic mass is 10.1. The summed E-state index contributed by atoms with van der Waals surface area (Å²) in [7, 11) is 0. The fourth-order valence-electron chi connectivity index (χ4n) is 1.82. The van der Waals surface area contributed by atoms with Gasteiger partial charge in [-0.15, -0.1) is 0 Å². The van der Waals surface area contributed by atoms with Crippen LogP contribution in [-0.4, -0.2) is 10.8 Å². The topological polar surface area (TPSA) is 72.2 Å². The number of hydrogen-bond donors (Lipinski definition) is 1. The molecule has 0 saturated heterocycles. The van der Waals surface area contributed by atoms with Crippen molar-refractivity contribution in [1.29, 1.82) is 0 Å². The quantitative estimate of drug-likeness (QED) is 0.530. The Kier molecular flexibility index (Phi) is 4.63. The summed E-state index contributed by atoms with van der Waals surface area (Å²) in [6, 6.07) is 12.5. The van der Waals surface area contributed by atoms with E-state index in [0.29, 0.717) is 5.57 Å². The van der Waals surface area contributed by atoms with E-state index in [2.05, 4.69) is 5.32 Å². The van der Waals surface area contributed by atoms with Crippen LogP contribution in [0, 0.1) is 15.9 Å². The third-order valence-electron chi connectivity index (χ3n) is 2.94. The molecule has 0 heterocycles. The number of carbonyl (C=O) groups excluding carboxylic acids is 1. The number of hydrogen-bond acceptors (Lipinski definition) is 3. The lowest BCUT2D eigenvalue weighted by molar-refractivity contribution is -0.387. The second-order valence-corrected chi connectivity index (χ2v) is 4.62. The normalized spacial score (nSPS) is 11.1. The van der Waals surface area contributed by atoms with E-state index in [1.807, 2.05) is 30.3 Å². The van der Waals surface area contributed by atoms with Crippen LogP contribution in [-0.2, 0) is 4.79 Å². The summed E-state index contributed by atoms with van der Waals surface area (Å²) in [5.74, 6) is -1.36. The van der Waals surface area contributed by atoms with Crippen LogP contribution in [0.25, 0.3) is 6.08 Å². The highest BCUT2D eigenvalue weighted by Gasteiger charge is 2.15. The van der Waals surface area contributed by atoms with Crippen LogP contribution in [0.15, 0.2) is 54.1 Å². The van der Waals surface area contributed by atoms with Crippen LogP contribution in [0.4, 0.5) is 15.8 Å². The first-order chi connectivity index (χ1) is 10.5. The molecule has 0 radical (unpaired) electrons. The minimum absolute atomic E-state index is 0.166. The number of nitrogens with zero attached hydrogens (tertiary/aromatic N) is 1. The molecule has 0 saturated carbocycles. The lowest BCUT2D eigenvalue weighted by Gasteiger charge is -2.06. The summed E-state index contributed by atoms with van der Waals surface area (Å²) in [5, 5.41) is 13.2. The number of nitrogens with one attached hydrogen (secondary N) is 1. The van der Waals surface area contributed by atoms with E-state index in [1.165, 1.54) is 6.07 Å². The van der Waals surface area contributed by atoms with Gasteiger partial charge in [-0.2, -0.15) is 4.39 Å². The lowest BCUT2D eigenvalue weighted by Crippen LogP contribution is -2.12. The monoisotopic (exact) mass is 300 g/mol. The first kappa shape index (κ1) is 15.4. The van der Waals surface area contributed by atoms with Gasteiger partial charge in [-0.05, 0) is 30.7 Å². The van der Waals surface area contributed by atoms with E-state index in [-0.39, 0.29) is 5.69 Å². The van der Waals surface area contributed by atoms with Gasteiger partial charge in [-0.3, -0.25) is 14.9 Å². The van der Waals surface area contributed by atoms with Crippen molar-refractivity contribution in [3.63, 3.8) is 0 Å². The molecule has 0 aliphatic carbocycles. The summed E-state index contributed by atoms with van der Waals surface area (Å²) in [5.41, 5.74) is 0.778. The first-order valence-electron chi connectivity index (χ1n) is 6.46. The molecular weight excluding hydrogens is 287 g/mol. The number of carbonyl (C=O) groups is 1. The largest absolute Gasteiger partial charge is 0.322 e. The average molecular weight is 300 g/mol. The molecule has 0 bridgehead atoms. The third-order valence-corrected chi connectivity index (χ3v) is 2.94. The molecule has 2 aromatic rings. The highest BCUT2D eigenvalue weighted by atomic mass is 19.1. The zero-order chi connectivity index (χ0) is 16.1. The smallest absolute Gasteiger partial charge is 0.306 e. The molecule has 2 aromatic carbocycles. The van der Waals surface area contributed by atoms with Crippen molar-refractivity contribution in [2.24, 2.45) is 0 Å². The van der Waals surface area contributed by atoms with Crippen molar-refractivity contribution in [1.82, 2.24) is 0 Å². The summed E-state index contributed by atoms with van der Waals surface area (Å²) in [6.07, 6.45) is 1.69. The Morgan fingerprint density at radius 2 is 1.91 bits per heavy atom. The molecule has 112 valence electrons. The van der Waals surface area contributed by atoms with Gasteiger partial charge in [0.1, 0.15) is 0 Å². The summed E-state index contributed by atoms with van der Waals surface area (Å²) in [4.78, 5) is 21.9. The van der Waals surface area contributed by atoms with Crippen LogP contribution in [0.3, 0.4) is 0 Å². The Bertz CT molecular complexity index is 742. The molecule has 22 heavy (non-hydrogen) atoms. The molecule has 1 N–H and O–H groups in total. The maximum absolute atomic E-state index is 13.2. The number of nitro benzene ring substituents is 1. The second-order valence-electron chi connectivity index (χ2n) is 4.62. The maximum atomic E-state index is 13.2. The molecule has 0 unspecified atom stereocenters. The molecule has 1 amide bonds. The van der Waals surface area contributed by atoms with E-state index in [0.717, 1.165) is 17.7 Å². The number of halogens is 1. The molecule has 0 fully saturated rings. The van der Waals surface area contributed by atoms with E-state index >= 15 is 0 Å². The van der Waals surface area contributed by atoms with Crippen molar-refractivity contribution in [3.05, 3.63) is 75.6 Å². The zero-order valence-electron chi connectivity index (χ0n) is 11.7. The maximum Gasteiger partial charge on any atom is 0.306 e. The van der Waals surface area contributed by atoms with Crippen LogP contribution in [0.1, 0.15) is 12.5 Å². The Morgan fingerprint density at radius 1 is 1.23 bits per heavy atom. The van der Waals surface area contributed by atoms with Crippen molar-refractivity contribution in [3.8, 4) is 0 Å². The molecule has 5 nitrogen and oxygen atoms in total. The summed E-state index contributed by atoms with van der Waals surface area (Å²) >= 11 is 0. The fourth-order valence-corrected chi connectivity index (χ4v) is 1.82. The SMILES string of the molecule is CC(=Cc1ccccc1)C(=O)Nc1ccc(F)c([N+](=O)[O-])c1.